The summed E-state index contributed by atoms with van der Waals surface area (Å²) in [5.41, 5.74) is 10.1. The van der Waals surface area contributed by atoms with Crippen LogP contribution in [0.25, 0.3) is 23.8 Å². The minimum atomic E-state index is -2.78. The number of aliphatic imine (C=N–C) groups is 1. The quantitative estimate of drug-likeness (QED) is 0.140. The molecular weight excluding hydrogens is 573 g/mol. The molecule has 5 rings (SSSR count). The molecule has 0 bridgehead atoms. The van der Waals surface area contributed by atoms with Gasteiger partial charge in [0, 0.05) is 62.1 Å². The summed E-state index contributed by atoms with van der Waals surface area (Å²) in [7, 11) is 5.19. The zero-order chi connectivity index (χ0) is 33.0. The molecule has 0 fully saturated rings. The smallest absolute Gasteiger partial charge is 0.378 e. The van der Waals surface area contributed by atoms with Crippen molar-refractivity contribution < 1.29 is 8.63 Å². The van der Waals surface area contributed by atoms with Gasteiger partial charge in [-0.1, -0.05) is 54.5 Å². The number of halogens is 2. The normalized spacial score (nSPS) is 14.0. The summed E-state index contributed by atoms with van der Waals surface area (Å²) in [6.07, 6.45) is 15.2. The fraction of sp³-hybridized carbons (Fsp3) is 0.154. The molecule has 4 aromatic rings. The summed E-state index contributed by atoms with van der Waals surface area (Å²) in [6.45, 7) is 3.83. The van der Waals surface area contributed by atoms with E-state index >= 15 is 8.63 Å². The van der Waals surface area contributed by atoms with E-state index in [9.17, 15) is 0 Å². The number of benzene rings is 3. The molecule has 1 aromatic heterocycles. The summed E-state index contributed by atoms with van der Waals surface area (Å²) >= 11 is 0. The van der Waals surface area contributed by atoms with Crippen LogP contribution in [0.15, 0.2) is 107 Å². The van der Waals surface area contributed by atoms with Crippen LogP contribution in [-0.4, -0.2) is 45.8 Å². The van der Waals surface area contributed by atoms with Gasteiger partial charge < -0.3 is 14.3 Å². The van der Waals surface area contributed by atoms with Crippen molar-refractivity contribution in [2.45, 2.75) is 13.8 Å². The standard InChI is InChI=1S/C39H37BF2N4/c1-8-29-9-17-32(18-10-29)37(38-27(2)25-33(43-38)19-11-30-12-20-34(21-13-30)44(4)5)39-28(3)26-36(46(39)40(41)42)24-16-31-14-22-35(23-15-31)45(6)7/h1,9-26H,2-7H3/b19-11+,24-16-,38-37-. The van der Waals surface area contributed by atoms with Crippen molar-refractivity contribution in [3.8, 4) is 12.3 Å². The first kappa shape index (κ1) is 32.1. The Kier molecular flexibility index (Phi) is 9.58. The highest BCUT2D eigenvalue weighted by atomic mass is 19.2. The third-order valence-electron chi connectivity index (χ3n) is 7.96. The maximum Gasteiger partial charge on any atom is 0.678 e. The van der Waals surface area contributed by atoms with Gasteiger partial charge in [0.05, 0.1) is 11.4 Å². The molecule has 0 spiro atoms. The predicted molar refractivity (Wildman–Crippen MR) is 194 cm³/mol. The van der Waals surface area contributed by atoms with Crippen LogP contribution in [0.5, 0.6) is 0 Å². The second kappa shape index (κ2) is 13.7. The number of allylic oxidation sites excluding steroid dienone is 3. The molecule has 0 saturated heterocycles. The molecule has 230 valence electrons. The minimum Gasteiger partial charge on any atom is -0.378 e. The van der Waals surface area contributed by atoms with E-state index in [2.05, 4.69) is 35.1 Å². The fourth-order valence-corrected chi connectivity index (χ4v) is 5.46. The second-order valence-electron chi connectivity index (χ2n) is 11.7. The summed E-state index contributed by atoms with van der Waals surface area (Å²) in [5.74, 6) is 2.64. The molecule has 2 heterocycles. The van der Waals surface area contributed by atoms with Crippen LogP contribution in [0.4, 0.5) is 20.0 Å². The average molecular weight is 611 g/mol. The Balaban J connectivity index is 1.61. The van der Waals surface area contributed by atoms with Crippen molar-refractivity contribution in [2.75, 3.05) is 38.0 Å². The van der Waals surface area contributed by atoms with E-state index in [0.717, 1.165) is 49.4 Å². The monoisotopic (exact) mass is 610 g/mol. The Morgan fingerprint density at radius 3 is 1.83 bits per heavy atom. The summed E-state index contributed by atoms with van der Waals surface area (Å²) in [4.78, 5) is 9.05. The Bertz CT molecular complexity index is 1910. The highest BCUT2D eigenvalue weighted by molar-refractivity contribution is 6.42. The van der Waals surface area contributed by atoms with Crippen molar-refractivity contribution in [2.24, 2.45) is 4.99 Å². The SMILES string of the molecule is C#Cc1ccc(/C(=C2N=C(/C=C/c3ccc(N(C)C)cc3)C=C/2C)c2c(C)cc(/C=C\c3ccc(N(C)C)cc3)n2B(F)F)cc1. The zero-order valence-corrected chi connectivity index (χ0v) is 27.1. The molecule has 46 heavy (non-hydrogen) atoms. The van der Waals surface area contributed by atoms with Gasteiger partial charge in [0.1, 0.15) is 0 Å². The van der Waals surface area contributed by atoms with E-state index in [1.807, 2.05) is 120 Å². The number of aromatic nitrogens is 1. The van der Waals surface area contributed by atoms with Gasteiger partial charge in [-0.2, -0.15) is 0 Å². The van der Waals surface area contributed by atoms with E-state index in [-0.39, 0.29) is 0 Å². The van der Waals surface area contributed by atoms with Crippen molar-refractivity contribution in [3.63, 3.8) is 0 Å². The highest BCUT2D eigenvalue weighted by Crippen LogP contribution is 2.38. The highest BCUT2D eigenvalue weighted by Gasteiger charge is 2.30. The van der Waals surface area contributed by atoms with Crippen LogP contribution in [-0.2, 0) is 0 Å². The van der Waals surface area contributed by atoms with Gasteiger partial charge in [-0.05, 0) is 102 Å². The average Bonchev–Trinajstić information content (AvgIpc) is 3.58. The van der Waals surface area contributed by atoms with Gasteiger partial charge in [-0.25, -0.2) is 4.99 Å². The van der Waals surface area contributed by atoms with Gasteiger partial charge in [0.2, 0.25) is 0 Å². The lowest BCUT2D eigenvalue weighted by atomic mass is 9.94. The maximum absolute atomic E-state index is 15.0. The zero-order valence-electron chi connectivity index (χ0n) is 27.1. The molecule has 0 amide bonds. The summed E-state index contributed by atoms with van der Waals surface area (Å²) in [6, 6.07) is 25.4. The molecule has 1 aliphatic heterocycles. The number of aryl methyl sites for hydroxylation is 1. The molecule has 0 atom stereocenters. The van der Waals surface area contributed by atoms with Crippen LogP contribution in [0.3, 0.4) is 0 Å². The van der Waals surface area contributed by atoms with E-state index in [4.69, 9.17) is 11.4 Å². The Morgan fingerprint density at radius 2 is 1.33 bits per heavy atom. The molecule has 3 aromatic carbocycles. The van der Waals surface area contributed by atoms with Gasteiger partial charge in [0.25, 0.3) is 0 Å². The van der Waals surface area contributed by atoms with Gasteiger partial charge in [-0.3, -0.25) is 8.63 Å². The molecule has 0 radical (unpaired) electrons. The number of rotatable bonds is 9. The Morgan fingerprint density at radius 1 is 0.783 bits per heavy atom. The number of nitrogens with zero attached hydrogens (tertiary/aromatic N) is 4. The molecule has 0 saturated carbocycles. The molecular formula is C39H37BF2N4. The first-order valence-electron chi connectivity index (χ1n) is 15.1. The molecule has 1 aliphatic rings. The van der Waals surface area contributed by atoms with Gasteiger partial charge in [0.15, 0.2) is 0 Å². The number of hydrogen-bond donors (Lipinski definition) is 0. The van der Waals surface area contributed by atoms with Crippen LogP contribution in [0.1, 0.15) is 46.1 Å². The first-order chi connectivity index (χ1) is 22.0. The Labute approximate surface area is 271 Å². The first-order valence-corrected chi connectivity index (χ1v) is 15.1. The molecule has 4 nitrogen and oxygen atoms in total. The van der Waals surface area contributed by atoms with Crippen LogP contribution in [0.2, 0.25) is 0 Å². The van der Waals surface area contributed by atoms with Gasteiger partial charge >= 0.3 is 7.40 Å². The van der Waals surface area contributed by atoms with Crippen molar-refractivity contribution in [1.29, 1.82) is 0 Å². The lowest BCUT2D eigenvalue weighted by Crippen LogP contribution is -2.18. The van der Waals surface area contributed by atoms with Crippen LogP contribution >= 0.6 is 0 Å². The Hall–Kier alpha value is -5.35. The maximum atomic E-state index is 15.0. The topological polar surface area (TPSA) is 23.8 Å². The summed E-state index contributed by atoms with van der Waals surface area (Å²) < 4.78 is 31.1. The molecule has 0 aliphatic carbocycles. The third kappa shape index (κ3) is 6.97. The van der Waals surface area contributed by atoms with E-state index in [1.54, 1.807) is 12.1 Å². The lowest BCUT2D eigenvalue weighted by Gasteiger charge is -2.17. The number of hydrogen-bond acceptors (Lipinski definition) is 3. The number of anilines is 2. The molecule has 7 heteroatoms. The van der Waals surface area contributed by atoms with Crippen molar-refractivity contribution in [1.82, 2.24) is 4.48 Å². The van der Waals surface area contributed by atoms with Crippen molar-refractivity contribution >= 4 is 48.3 Å². The summed E-state index contributed by atoms with van der Waals surface area (Å²) in [5, 5.41) is 0. The molecule has 0 unspecified atom stereocenters. The second-order valence-corrected chi connectivity index (χ2v) is 11.7. The van der Waals surface area contributed by atoms with Gasteiger partial charge in [-0.15, -0.1) is 6.42 Å². The van der Waals surface area contributed by atoms with E-state index in [0.29, 0.717) is 28.2 Å². The van der Waals surface area contributed by atoms with Crippen molar-refractivity contribution in [3.05, 3.63) is 141 Å². The number of terminal acetylenes is 1. The van der Waals surface area contributed by atoms with Crippen LogP contribution in [0, 0.1) is 19.3 Å². The van der Waals surface area contributed by atoms with E-state index < -0.39 is 7.40 Å². The van der Waals surface area contributed by atoms with Crippen LogP contribution < -0.4 is 9.80 Å². The van der Waals surface area contributed by atoms with E-state index in [1.165, 1.54) is 0 Å². The fourth-order valence-electron chi connectivity index (χ4n) is 5.46. The minimum absolute atomic E-state index is 0.405. The largest absolute Gasteiger partial charge is 0.678 e. The third-order valence-corrected chi connectivity index (χ3v) is 7.96. The lowest BCUT2D eigenvalue weighted by molar-refractivity contribution is 0.627. The molecule has 0 N–H and O–H groups in total. The predicted octanol–water partition coefficient (Wildman–Crippen LogP) is 8.73.